The maximum atomic E-state index is 9.63. The van der Waals surface area contributed by atoms with E-state index in [1.54, 1.807) is 0 Å². The first-order valence-electron chi connectivity index (χ1n) is 7.16. The van der Waals surface area contributed by atoms with Gasteiger partial charge in [-0.15, -0.1) is 0 Å². The predicted octanol–water partition coefficient (Wildman–Crippen LogP) is 2.09. The van der Waals surface area contributed by atoms with Gasteiger partial charge in [0.1, 0.15) is 5.82 Å². The molecule has 1 fully saturated rings. The highest BCUT2D eigenvalue weighted by atomic mass is 16.3. The molecule has 0 spiro atoms. The number of nitrogens with one attached hydrogen (secondary N) is 1. The van der Waals surface area contributed by atoms with Crippen molar-refractivity contribution in [3.8, 4) is 0 Å². The third-order valence-corrected chi connectivity index (χ3v) is 4.29. The van der Waals surface area contributed by atoms with Gasteiger partial charge in [0.05, 0.1) is 18.0 Å². The van der Waals surface area contributed by atoms with E-state index in [-0.39, 0.29) is 12.0 Å². The molecule has 0 radical (unpaired) electrons. The van der Waals surface area contributed by atoms with Gasteiger partial charge in [-0.2, -0.15) is 5.10 Å². The predicted molar refractivity (Wildman–Crippen MR) is 78.2 cm³/mol. The Hall–Kier alpha value is -1.23. The van der Waals surface area contributed by atoms with Crippen LogP contribution in [0.25, 0.3) is 0 Å². The highest BCUT2D eigenvalue weighted by Gasteiger charge is 2.33. The van der Waals surface area contributed by atoms with E-state index in [1.807, 2.05) is 11.7 Å². The summed E-state index contributed by atoms with van der Waals surface area (Å²) in [5.41, 5.74) is 7.87. The van der Waals surface area contributed by atoms with Gasteiger partial charge in [0.25, 0.3) is 0 Å². The van der Waals surface area contributed by atoms with Gasteiger partial charge >= 0.3 is 0 Å². The number of nitrogens with two attached hydrogens (primary N) is 1. The van der Waals surface area contributed by atoms with Crippen molar-refractivity contribution in [2.75, 3.05) is 24.2 Å². The standard InChI is InChI=1S/C14H26N4O/c1-10(2)12-11(15)13(18(3)17-12)16-8-14(9-19)6-4-5-7-14/h10,16,19H,4-9,15H2,1-3H3. The summed E-state index contributed by atoms with van der Waals surface area (Å²) in [6.45, 7) is 5.20. The van der Waals surface area contributed by atoms with Crippen molar-refractivity contribution in [3.63, 3.8) is 0 Å². The molecule has 0 amide bonds. The summed E-state index contributed by atoms with van der Waals surface area (Å²) < 4.78 is 1.81. The number of aliphatic hydroxyl groups is 1. The molecule has 0 saturated heterocycles. The van der Waals surface area contributed by atoms with Gasteiger partial charge in [-0.3, -0.25) is 4.68 Å². The van der Waals surface area contributed by atoms with Crippen molar-refractivity contribution in [1.29, 1.82) is 0 Å². The van der Waals surface area contributed by atoms with Crippen molar-refractivity contribution >= 4 is 11.5 Å². The van der Waals surface area contributed by atoms with Gasteiger partial charge in [0.2, 0.25) is 0 Å². The molecule has 5 heteroatoms. The van der Waals surface area contributed by atoms with Crippen molar-refractivity contribution < 1.29 is 5.11 Å². The Morgan fingerprint density at radius 3 is 2.53 bits per heavy atom. The largest absolute Gasteiger partial charge is 0.396 e. The molecule has 1 aliphatic rings. The van der Waals surface area contributed by atoms with Crippen molar-refractivity contribution in [2.24, 2.45) is 12.5 Å². The van der Waals surface area contributed by atoms with Crippen LogP contribution in [0.5, 0.6) is 0 Å². The third-order valence-electron chi connectivity index (χ3n) is 4.29. The van der Waals surface area contributed by atoms with E-state index in [0.29, 0.717) is 5.92 Å². The number of nitrogen functional groups attached to an aromatic ring is 1. The van der Waals surface area contributed by atoms with Gasteiger partial charge < -0.3 is 16.2 Å². The molecular formula is C14H26N4O. The van der Waals surface area contributed by atoms with Crippen molar-refractivity contribution in [3.05, 3.63) is 5.69 Å². The topological polar surface area (TPSA) is 76.1 Å². The first kappa shape index (κ1) is 14.2. The lowest BCUT2D eigenvalue weighted by Crippen LogP contribution is -2.31. The van der Waals surface area contributed by atoms with Crippen LogP contribution in [0.3, 0.4) is 0 Å². The summed E-state index contributed by atoms with van der Waals surface area (Å²) in [6.07, 6.45) is 4.59. The fourth-order valence-corrected chi connectivity index (χ4v) is 2.98. The second kappa shape index (κ2) is 5.41. The lowest BCUT2D eigenvalue weighted by atomic mass is 9.87. The number of nitrogens with zero attached hydrogens (tertiary/aromatic N) is 2. The highest BCUT2D eigenvalue weighted by molar-refractivity contribution is 5.65. The van der Waals surface area contributed by atoms with E-state index in [2.05, 4.69) is 24.3 Å². The molecule has 1 aliphatic carbocycles. The van der Waals surface area contributed by atoms with E-state index < -0.39 is 0 Å². The van der Waals surface area contributed by atoms with Crippen LogP contribution in [0.15, 0.2) is 0 Å². The summed E-state index contributed by atoms with van der Waals surface area (Å²) in [4.78, 5) is 0. The zero-order valence-corrected chi connectivity index (χ0v) is 12.2. The molecule has 0 unspecified atom stereocenters. The van der Waals surface area contributed by atoms with Crippen LogP contribution in [0.1, 0.15) is 51.1 Å². The molecule has 1 heterocycles. The minimum absolute atomic E-state index is 0.0225. The normalized spacial score (nSPS) is 18.2. The van der Waals surface area contributed by atoms with E-state index in [1.165, 1.54) is 12.8 Å². The summed E-state index contributed by atoms with van der Waals surface area (Å²) >= 11 is 0. The van der Waals surface area contributed by atoms with Gasteiger partial charge in [-0.05, 0) is 18.8 Å². The van der Waals surface area contributed by atoms with Crippen molar-refractivity contribution in [1.82, 2.24) is 9.78 Å². The van der Waals surface area contributed by atoms with Crippen LogP contribution in [-0.2, 0) is 7.05 Å². The Bertz CT molecular complexity index is 433. The molecule has 2 rings (SSSR count). The molecule has 0 aromatic carbocycles. The highest BCUT2D eigenvalue weighted by Crippen LogP contribution is 2.38. The molecule has 19 heavy (non-hydrogen) atoms. The summed E-state index contributed by atoms with van der Waals surface area (Å²) in [6, 6.07) is 0. The molecular weight excluding hydrogens is 240 g/mol. The van der Waals surface area contributed by atoms with Gasteiger partial charge in [0, 0.05) is 19.0 Å². The third kappa shape index (κ3) is 2.71. The second-order valence-corrected chi connectivity index (χ2v) is 6.14. The minimum Gasteiger partial charge on any atom is -0.396 e. The number of hydrogen-bond donors (Lipinski definition) is 3. The quantitative estimate of drug-likeness (QED) is 0.762. The average Bonchev–Trinajstić information content (AvgIpc) is 2.94. The molecule has 1 saturated carbocycles. The molecule has 1 aromatic heterocycles. The SMILES string of the molecule is CC(C)c1nn(C)c(NCC2(CO)CCCC2)c1N. The number of rotatable bonds is 5. The van der Waals surface area contributed by atoms with E-state index in [4.69, 9.17) is 5.73 Å². The number of aryl methyl sites for hydroxylation is 1. The lowest BCUT2D eigenvalue weighted by Gasteiger charge is -2.27. The van der Waals surface area contributed by atoms with Gasteiger partial charge in [-0.1, -0.05) is 26.7 Å². The fourth-order valence-electron chi connectivity index (χ4n) is 2.98. The molecule has 0 bridgehead atoms. The van der Waals surface area contributed by atoms with Gasteiger partial charge in [-0.25, -0.2) is 0 Å². The lowest BCUT2D eigenvalue weighted by molar-refractivity contribution is 0.142. The molecule has 0 aliphatic heterocycles. The molecule has 1 aromatic rings. The first-order chi connectivity index (χ1) is 8.99. The van der Waals surface area contributed by atoms with Crippen LogP contribution in [-0.4, -0.2) is 28.0 Å². The minimum atomic E-state index is 0.0225. The number of hydrogen-bond acceptors (Lipinski definition) is 4. The van der Waals surface area contributed by atoms with E-state index >= 15 is 0 Å². The fraction of sp³-hybridized carbons (Fsp3) is 0.786. The van der Waals surface area contributed by atoms with E-state index in [0.717, 1.165) is 36.6 Å². The zero-order valence-electron chi connectivity index (χ0n) is 12.2. The maximum absolute atomic E-state index is 9.63. The average molecular weight is 266 g/mol. The van der Waals surface area contributed by atoms with E-state index in [9.17, 15) is 5.11 Å². The van der Waals surface area contributed by atoms with Crippen LogP contribution in [0.4, 0.5) is 11.5 Å². The Morgan fingerprint density at radius 1 is 1.42 bits per heavy atom. The summed E-state index contributed by atoms with van der Waals surface area (Å²) in [5, 5.41) is 17.5. The molecule has 4 N–H and O–H groups in total. The van der Waals surface area contributed by atoms with Crippen LogP contribution in [0.2, 0.25) is 0 Å². The summed E-state index contributed by atoms with van der Waals surface area (Å²) in [7, 11) is 1.91. The smallest absolute Gasteiger partial charge is 0.147 e. The zero-order chi connectivity index (χ0) is 14.0. The molecule has 5 nitrogen and oxygen atoms in total. The van der Waals surface area contributed by atoms with Crippen LogP contribution >= 0.6 is 0 Å². The Balaban J connectivity index is 2.11. The Morgan fingerprint density at radius 2 is 2.05 bits per heavy atom. The first-order valence-corrected chi connectivity index (χ1v) is 7.16. The number of aliphatic hydroxyl groups excluding tert-OH is 1. The van der Waals surface area contributed by atoms with Crippen LogP contribution in [0, 0.1) is 5.41 Å². The maximum Gasteiger partial charge on any atom is 0.147 e. The van der Waals surface area contributed by atoms with Crippen molar-refractivity contribution in [2.45, 2.75) is 45.4 Å². The van der Waals surface area contributed by atoms with Crippen LogP contribution < -0.4 is 11.1 Å². The Kier molecular flexibility index (Phi) is 4.04. The summed E-state index contributed by atoms with van der Waals surface area (Å²) in [5.74, 6) is 1.20. The molecule has 0 atom stereocenters. The second-order valence-electron chi connectivity index (χ2n) is 6.14. The van der Waals surface area contributed by atoms with Gasteiger partial charge in [0.15, 0.2) is 0 Å². The monoisotopic (exact) mass is 266 g/mol. The number of aromatic nitrogens is 2. The number of anilines is 2. The Labute approximate surface area is 115 Å². The molecule has 108 valence electrons.